The minimum Gasteiger partial charge on any atom is -0.507 e. The molecular formula is C30H36N2O5. The zero-order chi connectivity index (χ0) is 26.7. The zero-order valence-electron chi connectivity index (χ0n) is 22.3. The van der Waals surface area contributed by atoms with Crippen LogP contribution in [0.2, 0.25) is 0 Å². The molecule has 1 aliphatic heterocycles. The van der Waals surface area contributed by atoms with Gasteiger partial charge in [0.1, 0.15) is 28.7 Å². The molecule has 0 aliphatic carbocycles. The summed E-state index contributed by atoms with van der Waals surface area (Å²) in [5.41, 5.74) is 5.24. The lowest BCUT2D eigenvalue weighted by molar-refractivity contribution is -0.131. The Morgan fingerprint density at radius 2 is 2.00 bits per heavy atom. The highest BCUT2D eigenvalue weighted by Gasteiger charge is 2.34. The van der Waals surface area contributed by atoms with Crippen LogP contribution in [0, 0.1) is 27.7 Å². The number of fused-ring (bicyclic) bond motifs is 1. The molecule has 0 spiro atoms. The van der Waals surface area contributed by atoms with Crippen molar-refractivity contribution in [3.63, 3.8) is 0 Å². The third kappa shape index (κ3) is 5.82. The fourth-order valence-corrected chi connectivity index (χ4v) is 4.90. The molecule has 0 amide bonds. The van der Waals surface area contributed by atoms with Crippen LogP contribution in [-0.4, -0.2) is 37.9 Å². The van der Waals surface area contributed by atoms with Gasteiger partial charge in [-0.25, -0.2) is 9.78 Å². The number of ether oxygens (including phenoxy) is 2. The largest absolute Gasteiger partial charge is 0.507 e. The van der Waals surface area contributed by atoms with Gasteiger partial charge in [-0.1, -0.05) is 12.1 Å². The van der Waals surface area contributed by atoms with E-state index >= 15 is 0 Å². The quantitative estimate of drug-likeness (QED) is 0.362. The summed E-state index contributed by atoms with van der Waals surface area (Å²) >= 11 is 0. The number of aromatic nitrogens is 2. The van der Waals surface area contributed by atoms with Gasteiger partial charge in [0, 0.05) is 42.6 Å². The van der Waals surface area contributed by atoms with Gasteiger partial charge in [0.05, 0.1) is 6.61 Å². The average molecular weight is 505 g/mol. The molecule has 1 aromatic heterocycles. The third-order valence-electron chi connectivity index (χ3n) is 7.53. The Hall–Kier alpha value is -3.74. The Morgan fingerprint density at radius 1 is 1.22 bits per heavy atom. The molecule has 0 saturated heterocycles. The molecule has 2 heterocycles. The molecule has 0 radical (unpaired) electrons. The number of hydrogen-bond donors (Lipinski definition) is 2. The van der Waals surface area contributed by atoms with E-state index in [1.54, 1.807) is 12.3 Å². The Kier molecular flexibility index (Phi) is 7.62. The summed E-state index contributed by atoms with van der Waals surface area (Å²) < 4.78 is 14.9. The number of hydrogen-bond acceptors (Lipinski definition) is 5. The maximum absolute atomic E-state index is 11.1. The van der Waals surface area contributed by atoms with E-state index in [-0.39, 0.29) is 0 Å². The first kappa shape index (κ1) is 26.3. The highest BCUT2D eigenvalue weighted by atomic mass is 16.5. The van der Waals surface area contributed by atoms with Crippen molar-refractivity contribution in [2.45, 2.75) is 72.4 Å². The summed E-state index contributed by atoms with van der Waals surface area (Å²) in [6.45, 7) is 11.2. The Bertz CT molecular complexity index is 1340. The van der Waals surface area contributed by atoms with Gasteiger partial charge in [0.15, 0.2) is 0 Å². The van der Waals surface area contributed by atoms with Crippen LogP contribution in [0.15, 0.2) is 36.7 Å². The summed E-state index contributed by atoms with van der Waals surface area (Å²) in [7, 11) is 0. The predicted octanol–water partition coefficient (Wildman–Crippen LogP) is 5.72. The number of carbonyl (C=O) groups is 1. The van der Waals surface area contributed by atoms with Crippen molar-refractivity contribution in [3.8, 4) is 17.2 Å². The molecule has 1 aliphatic rings. The van der Waals surface area contributed by atoms with Crippen LogP contribution in [0.1, 0.15) is 59.0 Å². The number of benzene rings is 2. The molecule has 2 N–H and O–H groups in total. The third-order valence-corrected chi connectivity index (χ3v) is 7.53. The smallest absolute Gasteiger partial charge is 0.328 e. The molecule has 1 atom stereocenters. The first-order valence-electron chi connectivity index (χ1n) is 12.7. The van der Waals surface area contributed by atoms with Crippen molar-refractivity contribution in [3.05, 3.63) is 75.9 Å². The topological polar surface area (TPSA) is 93.8 Å². The molecule has 7 heteroatoms. The molecule has 37 heavy (non-hydrogen) atoms. The predicted molar refractivity (Wildman–Crippen MR) is 144 cm³/mol. The van der Waals surface area contributed by atoms with Crippen molar-refractivity contribution in [2.75, 3.05) is 6.61 Å². The average Bonchev–Trinajstić information content (AvgIpc) is 3.28. The van der Waals surface area contributed by atoms with E-state index in [0.717, 1.165) is 76.8 Å². The summed E-state index contributed by atoms with van der Waals surface area (Å²) in [6.07, 6.45) is 9.59. The van der Waals surface area contributed by atoms with Gasteiger partial charge >= 0.3 is 5.97 Å². The number of phenolic OH excluding ortho intramolecular Hbond substituents is 1. The highest BCUT2D eigenvalue weighted by molar-refractivity contribution is 5.85. The molecule has 0 bridgehead atoms. The normalized spacial score (nSPS) is 17.0. The number of phenols is 1. The van der Waals surface area contributed by atoms with Crippen LogP contribution in [0.5, 0.6) is 17.2 Å². The van der Waals surface area contributed by atoms with Gasteiger partial charge in [-0.2, -0.15) is 0 Å². The van der Waals surface area contributed by atoms with Crippen molar-refractivity contribution in [1.29, 1.82) is 0 Å². The number of nitrogens with zero attached hydrogens (tertiary/aromatic N) is 2. The van der Waals surface area contributed by atoms with E-state index in [2.05, 4.69) is 16.5 Å². The monoisotopic (exact) mass is 504 g/mol. The standard InChI is InChI=1S/C30H36N2O5/c1-19-20(2)29-25(21(3)28(19)35)10-12-30(5,37-29)13-17-36-26-18-23(6-7-24(26)8-9-27(33)34)11-15-32-16-14-31-22(32)4/h6-9,14,16,18,35H,10-13,15,17H2,1-5H3,(H,33,34)/b9-8+. The molecule has 0 saturated carbocycles. The number of carboxylic acid groups (broad SMARTS) is 1. The van der Waals surface area contributed by atoms with Gasteiger partial charge in [-0.15, -0.1) is 0 Å². The van der Waals surface area contributed by atoms with Gasteiger partial charge in [0.2, 0.25) is 0 Å². The van der Waals surface area contributed by atoms with E-state index < -0.39 is 11.6 Å². The van der Waals surface area contributed by atoms with Gasteiger partial charge in [0.25, 0.3) is 0 Å². The lowest BCUT2D eigenvalue weighted by Crippen LogP contribution is -2.38. The van der Waals surface area contributed by atoms with Gasteiger partial charge in [-0.05, 0) is 88.3 Å². The lowest BCUT2D eigenvalue weighted by atomic mass is 9.86. The molecule has 2 aromatic carbocycles. The first-order valence-corrected chi connectivity index (χ1v) is 12.7. The Labute approximate surface area is 218 Å². The summed E-state index contributed by atoms with van der Waals surface area (Å²) in [5.74, 6) is 1.86. The van der Waals surface area contributed by atoms with Gasteiger partial charge in [-0.3, -0.25) is 0 Å². The number of imidazole rings is 1. The van der Waals surface area contributed by atoms with Crippen LogP contribution < -0.4 is 9.47 Å². The van der Waals surface area contributed by atoms with E-state index in [4.69, 9.17) is 14.6 Å². The van der Waals surface area contributed by atoms with E-state index in [1.807, 2.05) is 52.1 Å². The number of rotatable bonds is 9. The Balaban J connectivity index is 1.48. The van der Waals surface area contributed by atoms with Crippen molar-refractivity contribution in [2.24, 2.45) is 0 Å². The number of aromatic hydroxyl groups is 1. The van der Waals surface area contributed by atoms with Crippen LogP contribution in [-0.2, 0) is 24.2 Å². The summed E-state index contributed by atoms with van der Waals surface area (Å²) in [4.78, 5) is 15.4. The fourth-order valence-electron chi connectivity index (χ4n) is 4.90. The van der Waals surface area contributed by atoms with E-state index in [1.165, 1.54) is 0 Å². The number of carboxylic acids is 1. The van der Waals surface area contributed by atoms with Crippen LogP contribution >= 0.6 is 0 Å². The Morgan fingerprint density at radius 3 is 2.70 bits per heavy atom. The maximum Gasteiger partial charge on any atom is 0.328 e. The minimum absolute atomic E-state index is 0.358. The zero-order valence-corrected chi connectivity index (χ0v) is 22.3. The summed E-state index contributed by atoms with van der Waals surface area (Å²) in [6, 6.07) is 5.90. The molecule has 0 fully saturated rings. The number of aryl methyl sites for hydroxylation is 3. The number of aliphatic carboxylic acids is 1. The van der Waals surface area contributed by atoms with Gasteiger partial charge < -0.3 is 24.3 Å². The van der Waals surface area contributed by atoms with Crippen LogP contribution in [0.4, 0.5) is 0 Å². The first-order chi connectivity index (χ1) is 17.6. The molecular weight excluding hydrogens is 468 g/mol. The molecule has 4 rings (SSSR count). The van der Waals surface area contributed by atoms with Crippen LogP contribution in [0.3, 0.4) is 0 Å². The maximum atomic E-state index is 11.1. The molecule has 7 nitrogen and oxygen atoms in total. The second-order valence-electron chi connectivity index (χ2n) is 10.1. The minimum atomic E-state index is -1.00. The van der Waals surface area contributed by atoms with E-state index in [9.17, 15) is 9.90 Å². The SMILES string of the molecule is Cc1c(C)c2c(c(C)c1O)CCC(C)(CCOc1cc(CCn3ccnc3C)ccc1/C=C/C(=O)O)O2. The second kappa shape index (κ2) is 10.7. The highest BCUT2D eigenvalue weighted by Crippen LogP contribution is 2.44. The van der Waals surface area contributed by atoms with Crippen molar-refractivity contribution >= 4 is 12.0 Å². The molecule has 196 valence electrons. The van der Waals surface area contributed by atoms with E-state index in [0.29, 0.717) is 24.5 Å². The van der Waals surface area contributed by atoms with Crippen molar-refractivity contribution in [1.82, 2.24) is 9.55 Å². The molecule has 1 unspecified atom stereocenters. The fraction of sp³-hybridized carbons (Fsp3) is 0.400. The second-order valence-corrected chi connectivity index (χ2v) is 10.1. The molecule has 3 aromatic rings. The lowest BCUT2D eigenvalue weighted by Gasteiger charge is -2.38. The van der Waals surface area contributed by atoms with Crippen LogP contribution in [0.25, 0.3) is 6.08 Å². The van der Waals surface area contributed by atoms with Crippen molar-refractivity contribution < 1.29 is 24.5 Å². The summed E-state index contributed by atoms with van der Waals surface area (Å²) in [5, 5.41) is 19.6.